The molecule has 2 N–H and O–H groups in total. The average molecular weight is 266 g/mol. The number of fused-ring (bicyclic) bond motifs is 1. The number of imidazole rings is 1. The van der Waals surface area contributed by atoms with Crippen molar-refractivity contribution in [3.8, 4) is 11.5 Å². The summed E-state index contributed by atoms with van der Waals surface area (Å²) in [7, 11) is 0. The molecule has 0 spiro atoms. The summed E-state index contributed by atoms with van der Waals surface area (Å²) in [5.74, 6) is 0.917. The van der Waals surface area contributed by atoms with Crippen molar-refractivity contribution in [3.63, 3.8) is 0 Å². The van der Waals surface area contributed by atoms with Gasteiger partial charge in [-0.2, -0.15) is 0 Å². The van der Waals surface area contributed by atoms with Gasteiger partial charge in [0.25, 0.3) is 0 Å². The quantitative estimate of drug-likeness (QED) is 0.793. The predicted octanol–water partition coefficient (Wildman–Crippen LogP) is 2.89. The summed E-state index contributed by atoms with van der Waals surface area (Å²) in [4.78, 5) is 9.33. The summed E-state index contributed by atoms with van der Waals surface area (Å²) < 4.78 is 2.19. The predicted molar refractivity (Wildman–Crippen MR) is 81.3 cm³/mol. The van der Waals surface area contributed by atoms with Gasteiger partial charge in [-0.1, -0.05) is 12.1 Å². The normalized spacial score (nSPS) is 11.2. The molecule has 4 nitrogen and oxygen atoms in total. The highest BCUT2D eigenvalue weighted by Gasteiger charge is 2.12. The van der Waals surface area contributed by atoms with Crippen LogP contribution >= 0.6 is 0 Å². The lowest BCUT2D eigenvalue weighted by Crippen LogP contribution is -1.99. The molecule has 0 aliphatic heterocycles. The van der Waals surface area contributed by atoms with E-state index in [0.717, 1.165) is 40.4 Å². The fraction of sp³-hybridized carbons (Fsp3) is 0.250. The van der Waals surface area contributed by atoms with E-state index in [-0.39, 0.29) is 0 Å². The molecule has 0 saturated heterocycles. The van der Waals surface area contributed by atoms with Gasteiger partial charge in [-0.15, -0.1) is 0 Å². The second-order valence-corrected chi connectivity index (χ2v) is 4.87. The monoisotopic (exact) mass is 266 g/mol. The third-order valence-corrected chi connectivity index (χ3v) is 3.48. The first-order chi connectivity index (χ1) is 9.72. The number of nitrogens with two attached hydrogens (primary N) is 1. The van der Waals surface area contributed by atoms with Crippen LogP contribution in [0.4, 0.5) is 0 Å². The lowest BCUT2D eigenvalue weighted by atomic mass is 10.2. The molecule has 102 valence electrons. The second-order valence-electron chi connectivity index (χ2n) is 4.87. The number of benzene rings is 1. The molecule has 3 aromatic rings. The number of rotatable bonds is 3. The van der Waals surface area contributed by atoms with Crippen molar-refractivity contribution in [1.82, 2.24) is 14.5 Å². The fourth-order valence-electron chi connectivity index (χ4n) is 2.49. The third-order valence-electron chi connectivity index (χ3n) is 3.48. The van der Waals surface area contributed by atoms with E-state index in [0.29, 0.717) is 6.54 Å². The van der Waals surface area contributed by atoms with Crippen LogP contribution in [0.1, 0.15) is 18.2 Å². The Bertz CT molecular complexity index is 758. The largest absolute Gasteiger partial charge is 0.326 e. The highest BCUT2D eigenvalue weighted by atomic mass is 15.1. The Labute approximate surface area is 118 Å². The molecular formula is C16H18N4. The van der Waals surface area contributed by atoms with Gasteiger partial charge < -0.3 is 10.3 Å². The van der Waals surface area contributed by atoms with E-state index in [1.807, 2.05) is 25.1 Å². The summed E-state index contributed by atoms with van der Waals surface area (Å²) in [6.45, 7) is 5.52. The summed E-state index contributed by atoms with van der Waals surface area (Å²) in [6.07, 6.45) is 0. The maximum Gasteiger partial charge on any atom is 0.159 e. The van der Waals surface area contributed by atoms with Crippen LogP contribution in [0.2, 0.25) is 0 Å². The lowest BCUT2D eigenvalue weighted by Gasteiger charge is -2.06. The van der Waals surface area contributed by atoms with E-state index in [4.69, 9.17) is 10.7 Å². The molecule has 0 aliphatic carbocycles. The first-order valence-electron chi connectivity index (χ1n) is 6.86. The zero-order chi connectivity index (χ0) is 14.1. The molecule has 0 saturated carbocycles. The molecule has 4 heteroatoms. The van der Waals surface area contributed by atoms with Crippen LogP contribution in [-0.2, 0) is 13.1 Å². The van der Waals surface area contributed by atoms with E-state index < -0.39 is 0 Å². The van der Waals surface area contributed by atoms with Gasteiger partial charge in [0.1, 0.15) is 5.69 Å². The van der Waals surface area contributed by atoms with E-state index in [9.17, 15) is 0 Å². The topological polar surface area (TPSA) is 56.7 Å². The van der Waals surface area contributed by atoms with Crippen LogP contribution in [0.5, 0.6) is 0 Å². The molecule has 0 unspecified atom stereocenters. The van der Waals surface area contributed by atoms with Crippen LogP contribution in [0.3, 0.4) is 0 Å². The number of hydrogen-bond donors (Lipinski definition) is 1. The molecule has 0 radical (unpaired) electrons. The third kappa shape index (κ3) is 2.08. The first kappa shape index (κ1) is 12.8. The minimum atomic E-state index is 0.535. The zero-order valence-corrected chi connectivity index (χ0v) is 11.8. The van der Waals surface area contributed by atoms with Gasteiger partial charge in [-0.05, 0) is 43.7 Å². The van der Waals surface area contributed by atoms with Crippen molar-refractivity contribution in [1.29, 1.82) is 0 Å². The van der Waals surface area contributed by atoms with Crippen LogP contribution in [0.15, 0.2) is 36.4 Å². The van der Waals surface area contributed by atoms with Crippen molar-refractivity contribution in [3.05, 3.63) is 47.7 Å². The highest BCUT2D eigenvalue weighted by molar-refractivity contribution is 5.80. The van der Waals surface area contributed by atoms with E-state index >= 15 is 0 Å². The Balaban J connectivity index is 2.24. The Morgan fingerprint density at radius 1 is 1.15 bits per heavy atom. The number of aryl methyl sites for hydroxylation is 2. The first-order valence-corrected chi connectivity index (χ1v) is 6.86. The van der Waals surface area contributed by atoms with Crippen LogP contribution in [0, 0.1) is 6.92 Å². The number of nitrogens with zero attached hydrogens (tertiary/aromatic N) is 3. The smallest absolute Gasteiger partial charge is 0.159 e. The molecule has 20 heavy (non-hydrogen) atoms. The van der Waals surface area contributed by atoms with Crippen LogP contribution in [0.25, 0.3) is 22.6 Å². The van der Waals surface area contributed by atoms with Gasteiger partial charge in [0.05, 0.1) is 11.0 Å². The van der Waals surface area contributed by atoms with E-state index in [2.05, 4.69) is 34.7 Å². The maximum atomic E-state index is 5.70. The second kappa shape index (κ2) is 5.06. The van der Waals surface area contributed by atoms with Crippen molar-refractivity contribution < 1.29 is 0 Å². The lowest BCUT2D eigenvalue weighted by molar-refractivity contribution is 0.792. The molecule has 2 heterocycles. The minimum absolute atomic E-state index is 0.535. The average Bonchev–Trinajstić information content (AvgIpc) is 2.84. The SMILES string of the molecule is CCn1c(-c2cccc(C)n2)nc2cc(CN)ccc21. The molecule has 0 atom stereocenters. The van der Waals surface area contributed by atoms with Gasteiger partial charge >= 0.3 is 0 Å². The minimum Gasteiger partial charge on any atom is -0.326 e. The number of hydrogen-bond acceptors (Lipinski definition) is 3. The Morgan fingerprint density at radius 2 is 2.00 bits per heavy atom. The molecule has 0 fully saturated rings. The molecule has 0 amide bonds. The number of aromatic nitrogens is 3. The van der Waals surface area contributed by atoms with E-state index in [1.54, 1.807) is 0 Å². The van der Waals surface area contributed by atoms with Gasteiger partial charge in [0.15, 0.2) is 5.82 Å². The molecule has 0 bridgehead atoms. The van der Waals surface area contributed by atoms with Gasteiger partial charge in [-0.25, -0.2) is 9.97 Å². The van der Waals surface area contributed by atoms with Crippen molar-refractivity contribution >= 4 is 11.0 Å². The number of pyridine rings is 1. The van der Waals surface area contributed by atoms with Gasteiger partial charge in [0.2, 0.25) is 0 Å². The van der Waals surface area contributed by atoms with Crippen molar-refractivity contribution in [2.45, 2.75) is 26.9 Å². The molecule has 0 aliphatic rings. The van der Waals surface area contributed by atoms with Crippen molar-refractivity contribution in [2.24, 2.45) is 5.73 Å². The van der Waals surface area contributed by atoms with Crippen LogP contribution in [-0.4, -0.2) is 14.5 Å². The zero-order valence-electron chi connectivity index (χ0n) is 11.8. The van der Waals surface area contributed by atoms with E-state index in [1.165, 1.54) is 0 Å². The summed E-state index contributed by atoms with van der Waals surface area (Å²) in [6, 6.07) is 12.2. The highest BCUT2D eigenvalue weighted by Crippen LogP contribution is 2.24. The molecule has 2 aromatic heterocycles. The summed E-state index contributed by atoms with van der Waals surface area (Å²) in [5, 5.41) is 0. The molecule has 1 aromatic carbocycles. The Kier molecular flexibility index (Phi) is 3.24. The Hall–Kier alpha value is -2.20. The molecule has 3 rings (SSSR count). The standard InChI is InChI=1S/C16H18N4/c1-3-20-15-8-7-12(10-17)9-14(15)19-16(20)13-6-4-5-11(2)18-13/h4-9H,3,10,17H2,1-2H3. The van der Waals surface area contributed by atoms with Gasteiger partial charge in [-0.3, -0.25) is 0 Å². The van der Waals surface area contributed by atoms with Crippen molar-refractivity contribution in [2.75, 3.05) is 0 Å². The van der Waals surface area contributed by atoms with Gasteiger partial charge in [0, 0.05) is 18.8 Å². The summed E-state index contributed by atoms with van der Waals surface area (Å²) in [5.41, 5.74) is 10.8. The molecular weight excluding hydrogens is 248 g/mol. The fourth-order valence-corrected chi connectivity index (χ4v) is 2.49. The maximum absolute atomic E-state index is 5.70. The summed E-state index contributed by atoms with van der Waals surface area (Å²) >= 11 is 0. The Morgan fingerprint density at radius 3 is 2.70 bits per heavy atom. The van der Waals surface area contributed by atoms with Crippen LogP contribution < -0.4 is 5.73 Å².